The molecule has 1 aliphatic rings. The van der Waals surface area contributed by atoms with E-state index < -0.39 is 5.82 Å². The fourth-order valence-corrected chi connectivity index (χ4v) is 2.69. The minimum absolute atomic E-state index is 0.0473. The van der Waals surface area contributed by atoms with Gasteiger partial charge in [-0.15, -0.1) is 0 Å². The summed E-state index contributed by atoms with van der Waals surface area (Å²) >= 11 is 2.15. The van der Waals surface area contributed by atoms with Crippen LogP contribution >= 0.6 is 22.6 Å². The Morgan fingerprint density at radius 2 is 1.86 bits per heavy atom. The quantitative estimate of drug-likeness (QED) is 0.625. The largest absolute Gasteiger partial charge is 0.326 e. The fourth-order valence-electron chi connectivity index (χ4n) is 2.33. The van der Waals surface area contributed by atoms with Crippen molar-refractivity contribution >= 4 is 40.0 Å². The maximum atomic E-state index is 14.1. The number of rotatable bonds is 2. The van der Waals surface area contributed by atoms with Gasteiger partial charge in [0.05, 0.1) is 5.56 Å². The molecule has 1 N–H and O–H groups in total. The Morgan fingerprint density at radius 3 is 2.57 bits per heavy atom. The van der Waals surface area contributed by atoms with Gasteiger partial charge in [-0.1, -0.05) is 0 Å². The van der Waals surface area contributed by atoms with Crippen LogP contribution in [-0.2, 0) is 11.2 Å². The van der Waals surface area contributed by atoms with Crippen molar-refractivity contribution in [3.8, 4) is 0 Å². The van der Waals surface area contributed by atoms with E-state index >= 15 is 0 Å². The average molecular weight is 395 g/mol. The molecule has 0 bridgehead atoms. The lowest BCUT2D eigenvalue weighted by atomic mass is 9.96. The van der Waals surface area contributed by atoms with Crippen molar-refractivity contribution in [2.75, 3.05) is 5.32 Å². The zero-order valence-electron chi connectivity index (χ0n) is 11.0. The van der Waals surface area contributed by atoms with E-state index in [2.05, 4.69) is 27.9 Å². The molecule has 2 aromatic carbocycles. The SMILES string of the molecule is O=C1CCc2cc(C(=O)c3ccc(I)cc3)c(F)cc2N1. The topological polar surface area (TPSA) is 46.2 Å². The average Bonchev–Trinajstić information content (AvgIpc) is 2.46. The third-order valence-corrected chi connectivity index (χ3v) is 4.16. The molecule has 0 radical (unpaired) electrons. The van der Waals surface area contributed by atoms with E-state index in [0.29, 0.717) is 24.1 Å². The van der Waals surface area contributed by atoms with E-state index in [0.717, 1.165) is 9.13 Å². The second-order valence-electron chi connectivity index (χ2n) is 4.87. The smallest absolute Gasteiger partial charge is 0.224 e. The molecule has 0 aromatic heterocycles. The highest BCUT2D eigenvalue weighted by molar-refractivity contribution is 14.1. The first-order chi connectivity index (χ1) is 10.0. The van der Waals surface area contributed by atoms with Crippen molar-refractivity contribution in [2.24, 2.45) is 0 Å². The summed E-state index contributed by atoms with van der Waals surface area (Å²) in [5.41, 5.74) is 1.76. The molecular weight excluding hydrogens is 384 g/mol. The zero-order valence-corrected chi connectivity index (χ0v) is 13.1. The number of aryl methyl sites for hydroxylation is 1. The summed E-state index contributed by atoms with van der Waals surface area (Å²) in [4.78, 5) is 23.7. The number of carbonyl (C=O) groups excluding carboxylic acids is 2. The molecule has 0 saturated carbocycles. The number of nitrogens with one attached hydrogen (secondary N) is 1. The van der Waals surface area contributed by atoms with Crippen molar-refractivity contribution in [3.05, 3.63) is 62.5 Å². The summed E-state index contributed by atoms with van der Waals surface area (Å²) in [7, 11) is 0. The van der Waals surface area contributed by atoms with Crippen molar-refractivity contribution in [3.63, 3.8) is 0 Å². The molecule has 0 saturated heterocycles. The van der Waals surface area contributed by atoms with Crippen molar-refractivity contribution in [1.29, 1.82) is 0 Å². The van der Waals surface area contributed by atoms with Gasteiger partial charge in [-0.05, 0) is 71.0 Å². The van der Waals surface area contributed by atoms with Crippen LogP contribution in [0.15, 0.2) is 36.4 Å². The van der Waals surface area contributed by atoms with Gasteiger partial charge in [0.1, 0.15) is 5.82 Å². The summed E-state index contributed by atoms with van der Waals surface area (Å²) in [5, 5.41) is 2.62. The normalized spacial score (nSPS) is 13.5. The molecule has 1 amide bonds. The van der Waals surface area contributed by atoms with Crippen LogP contribution in [0.5, 0.6) is 0 Å². The first-order valence-corrected chi connectivity index (χ1v) is 7.55. The summed E-state index contributed by atoms with van der Waals surface area (Å²) in [6.07, 6.45) is 0.879. The Balaban J connectivity index is 2.01. The highest BCUT2D eigenvalue weighted by Gasteiger charge is 2.21. The number of hydrogen-bond donors (Lipinski definition) is 1. The van der Waals surface area contributed by atoms with Crippen molar-refractivity contribution in [2.45, 2.75) is 12.8 Å². The van der Waals surface area contributed by atoms with E-state index in [4.69, 9.17) is 0 Å². The van der Waals surface area contributed by atoms with Gasteiger partial charge in [0.2, 0.25) is 5.91 Å². The lowest BCUT2D eigenvalue weighted by molar-refractivity contribution is -0.116. The van der Waals surface area contributed by atoms with E-state index in [1.807, 2.05) is 12.1 Å². The van der Waals surface area contributed by atoms with Crippen LogP contribution in [0, 0.1) is 9.39 Å². The lowest BCUT2D eigenvalue weighted by Crippen LogP contribution is -2.20. The number of fused-ring (bicyclic) bond motifs is 1. The first-order valence-electron chi connectivity index (χ1n) is 6.47. The Labute approximate surface area is 134 Å². The molecule has 0 unspecified atom stereocenters. The van der Waals surface area contributed by atoms with Crippen LogP contribution in [0.3, 0.4) is 0 Å². The number of hydrogen-bond acceptors (Lipinski definition) is 2. The third-order valence-electron chi connectivity index (χ3n) is 3.44. The van der Waals surface area contributed by atoms with E-state index in [1.165, 1.54) is 6.07 Å². The van der Waals surface area contributed by atoms with Gasteiger partial charge in [-0.25, -0.2) is 4.39 Å². The molecule has 1 heterocycles. The molecule has 21 heavy (non-hydrogen) atoms. The summed E-state index contributed by atoms with van der Waals surface area (Å²) in [6, 6.07) is 9.76. The Bertz CT molecular complexity index is 741. The highest BCUT2D eigenvalue weighted by Crippen LogP contribution is 2.27. The van der Waals surface area contributed by atoms with Crippen LogP contribution < -0.4 is 5.32 Å². The number of anilines is 1. The molecule has 0 spiro atoms. The number of ketones is 1. The maximum Gasteiger partial charge on any atom is 0.224 e. The Kier molecular flexibility index (Phi) is 3.75. The minimum atomic E-state index is -0.612. The van der Waals surface area contributed by atoms with E-state index in [9.17, 15) is 14.0 Å². The van der Waals surface area contributed by atoms with Crippen molar-refractivity contribution < 1.29 is 14.0 Å². The molecule has 0 aliphatic carbocycles. The number of benzene rings is 2. The molecular formula is C16H11FINO2. The number of amides is 1. The predicted molar refractivity (Wildman–Crippen MR) is 85.9 cm³/mol. The Morgan fingerprint density at radius 1 is 1.14 bits per heavy atom. The molecule has 0 atom stereocenters. The highest BCUT2D eigenvalue weighted by atomic mass is 127. The Hall–Kier alpha value is -1.76. The predicted octanol–water partition coefficient (Wildman–Crippen LogP) is 3.55. The maximum absolute atomic E-state index is 14.1. The van der Waals surface area contributed by atoms with Crippen LogP contribution in [0.4, 0.5) is 10.1 Å². The van der Waals surface area contributed by atoms with Gasteiger partial charge in [0.25, 0.3) is 0 Å². The van der Waals surface area contributed by atoms with Crippen molar-refractivity contribution in [1.82, 2.24) is 0 Å². The van der Waals surface area contributed by atoms with Crippen LogP contribution in [0.1, 0.15) is 27.9 Å². The molecule has 106 valence electrons. The lowest BCUT2D eigenvalue weighted by Gasteiger charge is -2.18. The third kappa shape index (κ3) is 2.83. The summed E-state index contributed by atoms with van der Waals surface area (Å²) in [6.45, 7) is 0. The van der Waals surface area contributed by atoms with Crippen LogP contribution in [-0.4, -0.2) is 11.7 Å². The van der Waals surface area contributed by atoms with E-state index in [-0.39, 0.29) is 17.3 Å². The molecule has 1 aliphatic heterocycles. The molecule has 3 nitrogen and oxygen atoms in total. The standard InChI is InChI=1S/C16H11FINO2/c17-13-8-14-10(3-6-15(20)19-14)7-12(13)16(21)9-1-4-11(18)5-2-9/h1-2,4-5,7-8H,3,6H2,(H,19,20). The fraction of sp³-hybridized carbons (Fsp3) is 0.125. The second kappa shape index (κ2) is 5.55. The van der Waals surface area contributed by atoms with E-state index in [1.54, 1.807) is 18.2 Å². The summed E-state index contributed by atoms with van der Waals surface area (Å²) in [5.74, 6) is -1.08. The molecule has 3 rings (SSSR count). The van der Waals surface area contributed by atoms with Gasteiger partial charge in [-0.3, -0.25) is 9.59 Å². The van der Waals surface area contributed by atoms with Crippen LogP contribution in [0.2, 0.25) is 0 Å². The zero-order chi connectivity index (χ0) is 15.0. The number of carbonyl (C=O) groups is 2. The first kappa shape index (κ1) is 14.2. The number of halogens is 2. The van der Waals surface area contributed by atoms with Gasteiger partial charge >= 0.3 is 0 Å². The van der Waals surface area contributed by atoms with Crippen LogP contribution in [0.25, 0.3) is 0 Å². The minimum Gasteiger partial charge on any atom is -0.326 e. The molecule has 5 heteroatoms. The van der Waals surface area contributed by atoms with Gasteiger partial charge in [-0.2, -0.15) is 0 Å². The summed E-state index contributed by atoms with van der Waals surface area (Å²) < 4.78 is 15.2. The monoisotopic (exact) mass is 395 g/mol. The van der Waals surface area contributed by atoms with Gasteiger partial charge in [0, 0.05) is 21.2 Å². The molecule has 2 aromatic rings. The molecule has 0 fully saturated rings. The van der Waals surface area contributed by atoms with Gasteiger partial charge in [0.15, 0.2) is 5.78 Å². The van der Waals surface area contributed by atoms with Gasteiger partial charge < -0.3 is 5.32 Å². The second-order valence-corrected chi connectivity index (χ2v) is 6.12.